The Morgan fingerprint density at radius 2 is 1.50 bits per heavy atom. The molecule has 7 nitrogen and oxygen atoms in total. The van der Waals surface area contributed by atoms with Crippen LogP contribution >= 0.6 is 11.6 Å². The molecule has 0 aromatic heterocycles. The van der Waals surface area contributed by atoms with Crippen molar-refractivity contribution in [3.05, 3.63) is 130 Å². The van der Waals surface area contributed by atoms with Gasteiger partial charge in [-0.2, -0.15) is 0 Å². The van der Waals surface area contributed by atoms with Crippen LogP contribution in [0.1, 0.15) is 48.1 Å². The normalized spacial score (nSPS) is 12.7. The first kappa shape index (κ1) is 34.7. The third-order valence-electron chi connectivity index (χ3n) is 8.24. The Bertz CT molecular complexity index is 1760. The average Bonchev–Trinajstić information content (AvgIpc) is 3.04. The fourth-order valence-electron chi connectivity index (χ4n) is 5.05. The molecule has 0 aliphatic carbocycles. The lowest BCUT2D eigenvalue weighted by molar-refractivity contribution is -0.140. The van der Waals surface area contributed by atoms with E-state index in [0.29, 0.717) is 22.7 Å². The van der Waals surface area contributed by atoms with Crippen LogP contribution in [0.25, 0.3) is 0 Å². The van der Waals surface area contributed by atoms with Gasteiger partial charge in [-0.15, -0.1) is 0 Å². The first-order valence-corrected chi connectivity index (χ1v) is 17.3. The van der Waals surface area contributed by atoms with Gasteiger partial charge in [0.15, 0.2) is 0 Å². The molecule has 4 aromatic rings. The molecule has 0 saturated heterocycles. The van der Waals surface area contributed by atoms with Crippen LogP contribution in [0.5, 0.6) is 0 Å². The molecule has 2 atom stereocenters. The molecule has 4 aromatic carbocycles. The molecule has 242 valence electrons. The van der Waals surface area contributed by atoms with Crippen LogP contribution < -0.4 is 9.62 Å². The number of carbonyl (C=O) groups excluding carboxylic acids is 2. The van der Waals surface area contributed by atoms with E-state index in [4.69, 9.17) is 11.6 Å². The van der Waals surface area contributed by atoms with Gasteiger partial charge in [0.1, 0.15) is 12.6 Å². The maximum absolute atomic E-state index is 14.6. The van der Waals surface area contributed by atoms with Crippen molar-refractivity contribution < 1.29 is 18.0 Å². The van der Waals surface area contributed by atoms with Crippen molar-refractivity contribution in [1.82, 2.24) is 10.2 Å². The van der Waals surface area contributed by atoms with Gasteiger partial charge in [-0.05, 0) is 86.7 Å². The van der Waals surface area contributed by atoms with Crippen LogP contribution in [0.4, 0.5) is 5.69 Å². The molecule has 0 bridgehead atoms. The van der Waals surface area contributed by atoms with Crippen LogP contribution in [0.3, 0.4) is 0 Å². The molecule has 0 aliphatic heterocycles. The molecule has 0 spiro atoms. The van der Waals surface area contributed by atoms with Crippen molar-refractivity contribution in [2.75, 3.05) is 10.8 Å². The summed E-state index contributed by atoms with van der Waals surface area (Å²) >= 11 is 6.58. The second-order valence-electron chi connectivity index (χ2n) is 11.7. The lowest BCUT2D eigenvalue weighted by atomic mass is 10.0. The van der Waals surface area contributed by atoms with E-state index >= 15 is 0 Å². The van der Waals surface area contributed by atoms with Crippen molar-refractivity contribution in [2.24, 2.45) is 0 Å². The van der Waals surface area contributed by atoms with Crippen LogP contribution in [-0.4, -0.2) is 43.8 Å². The van der Waals surface area contributed by atoms with Gasteiger partial charge in [0.2, 0.25) is 11.8 Å². The third-order valence-corrected chi connectivity index (χ3v) is 10.4. The van der Waals surface area contributed by atoms with E-state index in [2.05, 4.69) is 5.32 Å². The summed E-state index contributed by atoms with van der Waals surface area (Å²) in [6.45, 7) is 9.09. The van der Waals surface area contributed by atoms with Crippen LogP contribution in [-0.2, 0) is 32.6 Å². The molecule has 46 heavy (non-hydrogen) atoms. The van der Waals surface area contributed by atoms with Gasteiger partial charge in [0.25, 0.3) is 10.0 Å². The summed E-state index contributed by atoms with van der Waals surface area (Å²) in [7, 11) is -4.18. The van der Waals surface area contributed by atoms with Crippen LogP contribution in [0.2, 0.25) is 5.02 Å². The van der Waals surface area contributed by atoms with E-state index in [9.17, 15) is 18.0 Å². The number of aryl methyl sites for hydroxylation is 3. The van der Waals surface area contributed by atoms with Gasteiger partial charge in [-0.25, -0.2) is 8.42 Å². The Labute approximate surface area is 278 Å². The maximum Gasteiger partial charge on any atom is 0.264 e. The summed E-state index contributed by atoms with van der Waals surface area (Å²) in [5.41, 5.74) is 4.66. The number of rotatable bonds is 13. The van der Waals surface area contributed by atoms with Crippen LogP contribution in [0, 0.1) is 20.8 Å². The number of halogens is 1. The van der Waals surface area contributed by atoms with Gasteiger partial charge in [-0.1, -0.05) is 90.8 Å². The van der Waals surface area contributed by atoms with E-state index in [-0.39, 0.29) is 29.8 Å². The molecule has 2 amide bonds. The zero-order valence-electron chi connectivity index (χ0n) is 27.0. The van der Waals surface area contributed by atoms with Crippen molar-refractivity contribution in [1.29, 1.82) is 0 Å². The van der Waals surface area contributed by atoms with Crippen molar-refractivity contribution >= 4 is 39.1 Å². The number of benzene rings is 4. The molecule has 0 fully saturated rings. The van der Waals surface area contributed by atoms with Gasteiger partial charge < -0.3 is 10.2 Å². The molecule has 0 heterocycles. The van der Waals surface area contributed by atoms with E-state index in [1.54, 1.807) is 54.6 Å². The Balaban J connectivity index is 1.83. The van der Waals surface area contributed by atoms with E-state index in [1.807, 2.05) is 77.1 Å². The van der Waals surface area contributed by atoms with Gasteiger partial charge in [0.05, 0.1) is 10.6 Å². The highest BCUT2D eigenvalue weighted by Crippen LogP contribution is 2.28. The lowest BCUT2D eigenvalue weighted by Gasteiger charge is -2.34. The predicted octanol–water partition coefficient (Wildman–Crippen LogP) is 7.02. The van der Waals surface area contributed by atoms with E-state index in [0.717, 1.165) is 26.6 Å². The Kier molecular flexibility index (Phi) is 11.7. The summed E-state index contributed by atoms with van der Waals surface area (Å²) in [6.07, 6.45) is 0.936. The number of anilines is 1. The maximum atomic E-state index is 14.6. The lowest BCUT2D eigenvalue weighted by Crippen LogP contribution is -2.54. The molecular weight excluding hydrogens is 618 g/mol. The van der Waals surface area contributed by atoms with Crippen molar-refractivity contribution in [2.45, 2.75) is 71.0 Å². The minimum atomic E-state index is -4.18. The smallest absolute Gasteiger partial charge is 0.264 e. The Morgan fingerprint density at radius 1 is 0.848 bits per heavy atom. The van der Waals surface area contributed by atoms with Crippen LogP contribution in [0.15, 0.2) is 102 Å². The molecule has 0 aliphatic rings. The number of amides is 2. The number of sulfonamides is 1. The molecule has 0 radical (unpaired) electrons. The third kappa shape index (κ3) is 8.56. The number of nitrogens with one attached hydrogen (secondary N) is 1. The van der Waals surface area contributed by atoms with Crippen molar-refractivity contribution in [3.8, 4) is 0 Å². The first-order valence-electron chi connectivity index (χ1n) is 15.4. The monoisotopic (exact) mass is 659 g/mol. The van der Waals surface area contributed by atoms with Gasteiger partial charge in [-0.3, -0.25) is 13.9 Å². The molecule has 0 unspecified atom stereocenters. The second kappa shape index (κ2) is 15.4. The van der Waals surface area contributed by atoms with E-state index in [1.165, 1.54) is 4.90 Å². The summed E-state index contributed by atoms with van der Waals surface area (Å²) < 4.78 is 29.6. The SMILES string of the molecule is CC[C@@H](C)NC(=O)[C@@H](Cc1ccccc1)N(Cc1ccccc1Cl)C(=O)CN(c1ccc(C)c(C)c1)S(=O)(=O)c1ccc(C)cc1. The fraction of sp³-hybridized carbons (Fsp3) is 0.297. The second-order valence-corrected chi connectivity index (χ2v) is 14.0. The van der Waals surface area contributed by atoms with Crippen molar-refractivity contribution in [3.63, 3.8) is 0 Å². The minimum Gasteiger partial charge on any atom is -0.352 e. The number of hydrogen-bond acceptors (Lipinski definition) is 4. The van der Waals surface area contributed by atoms with Gasteiger partial charge in [0, 0.05) is 24.0 Å². The highest BCUT2D eigenvalue weighted by molar-refractivity contribution is 7.92. The predicted molar refractivity (Wildman–Crippen MR) is 185 cm³/mol. The topological polar surface area (TPSA) is 86.8 Å². The standard InChI is InChI=1S/C37H42ClN3O4S/c1-6-29(5)39-37(43)35(23-30-12-8-7-9-13-30)40(24-31-14-10-11-15-34(31)38)36(42)25-41(32-19-18-27(3)28(4)22-32)46(44,45)33-20-16-26(2)17-21-33/h7-22,29,35H,6,23-25H2,1-5H3,(H,39,43)/t29-,35-/m1/s1. The highest BCUT2D eigenvalue weighted by atomic mass is 35.5. The number of carbonyl (C=O) groups is 2. The molecule has 0 saturated carbocycles. The minimum absolute atomic E-state index is 0.00920. The Hall–Kier alpha value is -4.14. The first-order chi connectivity index (χ1) is 21.9. The number of hydrogen-bond donors (Lipinski definition) is 1. The molecular formula is C37H42ClN3O4S. The zero-order valence-corrected chi connectivity index (χ0v) is 28.6. The quantitative estimate of drug-likeness (QED) is 0.167. The molecule has 4 rings (SSSR count). The Morgan fingerprint density at radius 3 is 2.13 bits per heavy atom. The largest absolute Gasteiger partial charge is 0.352 e. The average molecular weight is 660 g/mol. The molecule has 9 heteroatoms. The fourth-order valence-corrected chi connectivity index (χ4v) is 6.65. The zero-order chi connectivity index (χ0) is 33.4. The summed E-state index contributed by atoms with van der Waals surface area (Å²) in [5.74, 6) is -0.855. The summed E-state index contributed by atoms with van der Waals surface area (Å²) in [6, 6.07) is 27.4. The number of nitrogens with zero attached hydrogens (tertiary/aromatic N) is 2. The van der Waals surface area contributed by atoms with E-state index < -0.39 is 28.5 Å². The summed E-state index contributed by atoms with van der Waals surface area (Å²) in [5, 5.41) is 3.49. The van der Waals surface area contributed by atoms with Gasteiger partial charge >= 0.3 is 0 Å². The highest BCUT2D eigenvalue weighted by Gasteiger charge is 2.35. The molecule has 1 N–H and O–H groups in total. The summed E-state index contributed by atoms with van der Waals surface area (Å²) in [4.78, 5) is 30.1.